The predicted molar refractivity (Wildman–Crippen MR) is 142 cm³/mol. The quantitative estimate of drug-likeness (QED) is 0.0488. The highest BCUT2D eigenvalue weighted by Gasteiger charge is 2.31. The zero-order chi connectivity index (χ0) is 30.2. The van der Waals surface area contributed by atoms with Crippen molar-refractivity contribution < 1.29 is 39.0 Å². The van der Waals surface area contributed by atoms with Gasteiger partial charge in [-0.25, -0.2) is 4.79 Å². The molecule has 220 valence electrons. The number of hydrogen-bond acceptors (Lipinski definition) is 8. The number of rotatable bonds is 18. The summed E-state index contributed by atoms with van der Waals surface area (Å²) in [7, 11) is 0. The van der Waals surface area contributed by atoms with Gasteiger partial charge in [-0.05, 0) is 24.8 Å². The molecule has 40 heavy (non-hydrogen) atoms. The van der Waals surface area contributed by atoms with E-state index in [0.29, 0.717) is 5.56 Å². The zero-order valence-corrected chi connectivity index (χ0v) is 21.7. The summed E-state index contributed by atoms with van der Waals surface area (Å²) in [5.41, 5.74) is 21.9. The van der Waals surface area contributed by atoms with Gasteiger partial charge in [0.2, 0.25) is 23.6 Å². The van der Waals surface area contributed by atoms with Gasteiger partial charge in [0.05, 0.1) is 12.5 Å². The van der Waals surface area contributed by atoms with E-state index < -0.39 is 72.6 Å². The predicted octanol–water partition coefficient (Wildman–Crippen LogP) is -3.11. The molecular formula is C24H36N8O8. The molecule has 1 aromatic carbocycles. The third-order valence-electron chi connectivity index (χ3n) is 5.51. The minimum Gasteiger partial charge on any atom is -0.481 e. The van der Waals surface area contributed by atoms with Crippen LogP contribution in [0.4, 0.5) is 0 Å². The van der Waals surface area contributed by atoms with Crippen molar-refractivity contribution in [3.63, 3.8) is 0 Å². The Labute approximate surface area is 229 Å². The van der Waals surface area contributed by atoms with E-state index in [-0.39, 0.29) is 38.2 Å². The molecule has 0 radical (unpaired) electrons. The average molecular weight is 565 g/mol. The number of carboxylic acids is 2. The summed E-state index contributed by atoms with van der Waals surface area (Å²) in [5, 5.41) is 25.8. The Balaban J connectivity index is 3.09. The minimum atomic E-state index is -1.46. The Hall–Kier alpha value is -4.73. The van der Waals surface area contributed by atoms with E-state index in [1.807, 2.05) is 0 Å². The van der Waals surface area contributed by atoms with Gasteiger partial charge >= 0.3 is 11.9 Å². The number of guanidine groups is 1. The average Bonchev–Trinajstić information content (AvgIpc) is 2.87. The maximum atomic E-state index is 13.1. The third kappa shape index (κ3) is 13.2. The molecule has 4 atom stereocenters. The standard InChI is InChI=1S/C24H36N8O8/c25-14(12-18(26)33)20(36)30-15(7-4-10-29-24(27)28)21(37)31-16(8-9-19(34)35)22(38)32-17(23(39)40)11-13-5-2-1-3-6-13/h1-3,5-6,14-17H,4,7-12,25H2,(H2,26,33)(H,30,36)(H,31,37)(H,32,38)(H,34,35)(H,39,40)(H4,27,28,29). The first-order valence-corrected chi connectivity index (χ1v) is 12.3. The summed E-state index contributed by atoms with van der Waals surface area (Å²) in [6.45, 7) is 0.0953. The molecule has 4 amide bonds. The Morgan fingerprint density at radius 2 is 1.35 bits per heavy atom. The van der Waals surface area contributed by atoms with Crippen LogP contribution in [0.1, 0.15) is 37.7 Å². The van der Waals surface area contributed by atoms with Gasteiger partial charge < -0.3 is 49.1 Å². The van der Waals surface area contributed by atoms with Crippen molar-refractivity contribution in [2.45, 2.75) is 62.7 Å². The summed E-state index contributed by atoms with van der Waals surface area (Å²) in [6.07, 6.45) is -1.29. The zero-order valence-electron chi connectivity index (χ0n) is 21.7. The second kappa shape index (κ2) is 17.0. The van der Waals surface area contributed by atoms with Crippen LogP contribution in [0.15, 0.2) is 35.3 Å². The number of carboxylic acid groups (broad SMARTS) is 2. The number of aliphatic imine (C=N–C) groups is 1. The fourth-order valence-corrected chi connectivity index (χ4v) is 3.49. The van der Waals surface area contributed by atoms with Crippen LogP contribution < -0.4 is 38.9 Å². The molecule has 0 spiro atoms. The van der Waals surface area contributed by atoms with Crippen molar-refractivity contribution in [2.75, 3.05) is 6.54 Å². The molecule has 0 saturated heterocycles. The number of hydrogen-bond donors (Lipinski definition) is 9. The molecule has 0 heterocycles. The second-order valence-corrected chi connectivity index (χ2v) is 8.87. The Kier molecular flexibility index (Phi) is 14.1. The van der Waals surface area contributed by atoms with Gasteiger partial charge in [-0.1, -0.05) is 30.3 Å². The molecular weight excluding hydrogens is 528 g/mol. The first-order valence-electron chi connectivity index (χ1n) is 12.3. The highest BCUT2D eigenvalue weighted by Crippen LogP contribution is 2.07. The number of primary amides is 1. The van der Waals surface area contributed by atoms with E-state index in [9.17, 15) is 33.9 Å². The second-order valence-electron chi connectivity index (χ2n) is 8.87. The minimum absolute atomic E-state index is 0.0311. The van der Waals surface area contributed by atoms with Crippen molar-refractivity contribution in [2.24, 2.45) is 27.9 Å². The van der Waals surface area contributed by atoms with Crippen molar-refractivity contribution in [1.82, 2.24) is 16.0 Å². The monoisotopic (exact) mass is 564 g/mol. The van der Waals surface area contributed by atoms with Gasteiger partial charge in [-0.15, -0.1) is 0 Å². The van der Waals surface area contributed by atoms with Gasteiger partial charge in [0.25, 0.3) is 0 Å². The van der Waals surface area contributed by atoms with E-state index in [0.717, 1.165) is 0 Å². The Morgan fingerprint density at radius 1 is 0.800 bits per heavy atom. The van der Waals surface area contributed by atoms with Gasteiger partial charge in [-0.2, -0.15) is 0 Å². The highest BCUT2D eigenvalue weighted by molar-refractivity contribution is 5.95. The number of carbonyl (C=O) groups is 6. The molecule has 0 aromatic heterocycles. The van der Waals surface area contributed by atoms with E-state index in [1.54, 1.807) is 30.3 Å². The summed E-state index contributed by atoms with van der Waals surface area (Å²) in [4.78, 5) is 76.5. The molecule has 1 rings (SSSR count). The molecule has 4 unspecified atom stereocenters. The number of nitrogens with zero attached hydrogens (tertiary/aromatic N) is 1. The van der Waals surface area contributed by atoms with Crippen molar-refractivity contribution >= 4 is 41.5 Å². The maximum absolute atomic E-state index is 13.1. The lowest BCUT2D eigenvalue weighted by molar-refractivity contribution is -0.143. The number of aliphatic carboxylic acids is 2. The molecule has 0 aliphatic rings. The van der Waals surface area contributed by atoms with E-state index >= 15 is 0 Å². The number of carbonyl (C=O) groups excluding carboxylic acids is 4. The van der Waals surface area contributed by atoms with Crippen molar-refractivity contribution in [3.05, 3.63) is 35.9 Å². The smallest absolute Gasteiger partial charge is 0.326 e. The maximum Gasteiger partial charge on any atom is 0.326 e. The Bertz CT molecular complexity index is 1080. The number of amides is 4. The molecule has 16 heteroatoms. The lowest BCUT2D eigenvalue weighted by atomic mass is 10.0. The van der Waals surface area contributed by atoms with Crippen LogP contribution in [0.2, 0.25) is 0 Å². The molecule has 16 nitrogen and oxygen atoms in total. The van der Waals surface area contributed by atoms with Gasteiger partial charge in [0.15, 0.2) is 5.96 Å². The summed E-state index contributed by atoms with van der Waals surface area (Å²) < 4.78 is 0. The number of benzene rings is 1. The summed E-state index contributed by atoms with van der Waals surface area (Å²) in [5.74, 6) is -6.33. The largest absolute Gasteiger partial charge is 0.481 e. The fraction of sp³-hybridized carbons (Fsp3) is 0.458. The third-order valence-corrected chi connectivity index (χ3v) is 5.51. The lowest BCUT2D eigenvalue weighted by Crippen LogP contribution is -2.57. The highest BCUT2D eigenvalue weighted by atomic mass is 16.4. The van der Waals surface area contributed by atoms with Crippen LogP contribution in [-0.2, 0) is 35.2 Å². The lowest BCUT2D eigenvalue weighted by Gasteiger charge is -2.25. The molecule has 13 N–H and O–H groups in total. The first-order chi connectivity index (χ1) is 18.8. The van der Waals surface area contributed by atoms with Crippen LogP contribution in [0.25, 0.3) is 0 Å². The Morgan fingerprint density at radius 3 is 1.88 bits per heavy atom. The van der Waals surface area contributed by atoms with Crippen LogP contribution in [0, 0.1) is 0 Å². The summed E-state index contributed by atoms with van der Waals surface area (Å²) in [6, 6.07) is 2.99. The van der Waals surface area contributed by atoms with Crippen LogP contribution in [0.3, 0.4) is 0 Å². The van der Waals surface area contributed by atoms with Gasteiger partial charge in [0, 0.05) is 19.4 Å². The topological polar surface area (TPSA) is 295 Å². The van der Waals surface area contributed by atoms with Crippen LogP contribution >= 0.6 is 0 Å². The van der Waals surface area contributed by atoms with E-state index in [2.05, 4.69) is 20.9 Å². The van der Waals surface area contributed by atoms with E-state index in [1.165, 1.54) is 0 Å². The first kappa shape index (κ1) is 33.3. The SMILES string of the molecule is NC(=O)CC(N)C(=O)NC(CCCN=C(N)N)C(=O)NC(CCC(=O)O)C(=O)NC(Cc1ccccc1)C(=O)O. The van der Waals surface area contributed by atoms with Gasteiger partial charge in [0.1, 0.15) is 18.1 Å². The fourth-order valence-electron chi connectivity index (χ4n) is 3.49. The molecule has 1 aromatic rings. The van der Waals surface area contributed by atoms with Crippen LogP contribution in [-0.4, -0.2) is 82.5 Å². The molecule has 0 aliphatic heterocycles. The van der Waals surface area contributed by atoms with Gasteiger partial charge in [-0.3, -0.25) is 29.0 Å². The summed E-state index contributed by atoms with van der Waals surface area (Å²) >= 11 is 0. The van der Waals surface area contributed by atoms with Crippen LogP contribution in [0.5, 0.6) is 0 Å². The van der Waals surface area contributed by atoms with Crippen molar-refractivity contribution in [3.8, 4) is 0 Å². The molecule has 0 fully saturated rings. The number of nitrogens with two attached hydrogens (primary N) is 4. The molecule has 0 bridgehead atoms. The molecule has 0 aliphatic carbocycles. The molecule has 0 saturated carbocycles. The van der Waals surface area contributed by atoms with Crippen molar-refractivity contribution in [1.29, 1.82) is 0 Å². The number of nitrogens with one attached hydrogen (secondary N) is 3. The normalized spacial score (nSPS) is 13.5. The van der Waals surface area contributed by atoms with E-state index in [4.69, 9.17) is 28.0 Å².